The Hall–Kier alpha value is -1.27. The third kappa shape index (κ3) is 4.40. The first-order chi connectivity index (χ1) is 8.90. The van der Waals surface area contributed by atoms with E-state index >= 15 is 0 Å². The van der Waals surface area contributed by atoms with E-state index in [1.165, 1.54) is 7.11 Å². The van der Waals surface area contributed by atoms with Crippen LogP contribution >= 0.6 is 0 Å². The molecular formula is C13H18F3NO2. The molecule has 0 amide bonds. The highest BCUT2D eigenvalue weighted by Gasteiger charge is 2.38. The second kappa shape index (κ2) is 6.77. The van der Waals surface area contributed by atoms with Gasteiger partial charge in [0.2, 0.25) is 0 Å². The molecule has 3 nitrogen and oxygen atoms in total. The van der Waals surface area contributed by atoms with Crippen LogP contribution in [0.5, 0.6) is 5.75 Å². The molecule has 108 valence electrons. The molecule has 1 rings (SSSR count). The van der Waals surface area contributed by atoms with Gasteiger partial charge >= 0.3 is 6.18 Å². The Morgan fingerprint density at radius 2 is 1.95 bits per heavy atom. The first kappa shape index (κ1) is 15.8. The molecule has 0 heterocycles. The van der Waals surface area contributed by atoms with Crippen molar-refractivity contribution in [3.63, 3.8) is 0 Å². The highest BCUT2D eigenvalue weighted by atomic mass is 19.4. The number of hydrogen-bond donors (Lipinski definition) is 2. The number of aliphatic hydroxyl groups is 1. The summed E-state index contributed by atoms with van der Waals surface area (Å²) in [5, 5.41) is 11.7. The number of ether oxygens (including phenoxy) is 1. The summed E-state index contributed by atoms with van der Waals surface area (Å²) in [4.78, 5) is 0. The molecule has 0 aliphatic carbocycles. The third-order valence-corrected chi connectivity index (χ3v) is 2.86. The predicted octanol–water partition coefficient (Wildman–Crippen LogP) is 2.66. The molecule has 2 N–H and O–H groups in total. The lowest BCUT2D eigenvalue weighted by Crippen LogP contribution is -2.39. The van der Waals surface area contributed by atoms with Crippen LogP contribution in [-0.2, 0) is 0 Å². The lowest BCUT2D eigenvalue weighted by molar-refractivity contribution is -0.202. The molecule has 0 aromatic heterocycles. The van der Waals surface area contributed by atoms with Gasteiger partial charge in [-0.3, -0.25) is 0 Å². The largest absolute Gasteiger partial charge is 0.496 e. The summed E-state index contributed by atoms with van der Waals surface area (Å²) in [7, 11) is 1.51. The van der Waals surface area contributed by atoms with Gasteiger partial charge in [-0.2, -0.15) is 13.2 Å². The van der Waals surface area contributed by atoms with Crippen LogP contribution in [0.4, 0.5) is 13.2 Å². The Labute approximate surface area is 110 Å². The Morgan fingerprint density at radius 1 is 1.32 bits per heavy atom. The molecule has 0 radical (unpaired) electrons. The molecule has 19 heavy (non-hydrogen) atoms. The van der Waals surface area contributed by atoms with Crippen LogP contribution in [0.15, 0.2) is 24.3 Å². The van der Waals surface area contributed by atoms with Gasteiger partial charge in [-0.15, -0.1) is 0 Å². The zero-order valence-electron chi connectivity index (χ0n) is 10.9. The molecule has 0 fully saturated rings. The summed E-state index contributed by atoms with van der Waals surface area (Å²) in [6, 6.07) is 6.83. The van der Waals surface area contributed by atoms with E-state index in [1.807, 2.05) is 6.92 Å². The monoisotopic (exact) mass is 277 g/mol. The first-order valence-electron chi connectivity index (χ1n) is 6.01. The molecule has 0 saturated carbocycles. The topological polar surface area (TPSA) is 41.5 Å². The molecule has 2 unspecified atom stereocenters. The lowest BCUT2D eigenvalue weighted by Gasteiger charge is -2.22. The number of nitrogens with one attached hydrogen (secondary N) is 1. The number of para-hydroxylation sites is 1. The summed E-state index contributed by atoms with van der Waals surface area (Å²) in [5.74, 6) is 0.614. The normalized spacial score (nSPS) is 15.1. The van der Waals surface area contributed by atoms with Crippen LogP contribution in [0.1, 0.15) is 24.9 Å². The fourth-order valence-corrected chi connectivity index (χ4v) is 1.80. The average molecular weight is 277 g/mol. The van der Waals surface area contributed by atoms with Crippen LogP contribution in [0.25, 0.3) is 0 Å². The Morgan fingerprint density at radius 3 is 2.47 bits per heavy atom. The van der Waals surface area contributed by atoms with E-state index in [2.05, 4.69) is 5.32 Å². The zero-order chi connectivity index (χ0) is 14.5. The van der Waals surface area contributed by atoms with Gasteiger partial charge in [0, 0.05) is 18.2 Å². The van der Waals surface area contributed by atoms with Crippen LogP contribution in [0, 0.1) is 0 Å². The first-order valence-corrected chi connectivity index (χ1v) is 6.01. The minimum Gasteiger partial charge on any atom is -0.496 e. The highest BCUT2D eigenvalue weighted by molar-refractivity contribution is 5.35. The van der Waals surface area contributed by atoms with Crippen LogP contribution in [0.3, 0.4) is 0 Å². The molecule has 0 spiro atoms. The fourth-order valence-electron chi connectivity index (χ4n) is 1.80. The van der Waals surface area contributed by atoms with Crippen molar-refractivity contribution in [3.8, 4) is 5.75 Å². The summed E-state index contributed by atoms with van der Waals surface area (Å²) in [6.07, 6.45) is -6.38. The van der Waals surface area contributed by atoms with Crippen LogP contribution < -0.4 is 10.1 Å². The molecule has 1 aromatic rings. The number of halogens is 3. The van der Waals surface area contributed by atoms with Crippen LogP contribution in [-0.4, -0.2) is 31.0 Å². The van der Waals surface area contributed by atoms with Gasteiger partial charge in [-0.25, -0.2) is 0 Å². The van der Waals surface area contributed by atoms with E-state index in [0.717, 1.165) is 5.56 Å². The minimum atomic E-state index is -4.61. The van der Waals surface area contributed by atoms with Gasteiger partial charge in [-0.05, 0) is 12.5 Å². The third-order valence-electron chi connectivity index (χ3n) is 2.86. The lowest BCUT2D eigenvalue weighted by atomic mass is 10.0. The van der Waals surface area contributed by atoms with Gasteiger partial charge in [-0.1, -0.05) is 25.1 Å². The number of hydrogen-bond acceptors (Lipinski definition) is 3. The van der Waals surface area contributed by atoms with E-state index in [1.54, 1.807) is 24.3 Å². The summed E-state index contributed by atoms with van der Waals surface area (Å²) < 4.78 is 41.9. The summed E-state index contributed by atoms with van der Waals surface area (Å²) in [6.45, 7) is 1.31. The van der Waals surface area contributed by atoms with E-state index in [9.17, 15) is 13.2 Å². The second-order valence-electron chi connectivity index (χ2n) is 4.17. The van der Waals surface area contributed by atoms with E-state index in [4.69, 9.17) is 9.84 Å². The number of benzene rings is 1. The fraction of sp³-hybridized carbons (Fsp3) is 0.538. The van der Waals surface area contributed by atoms with Crippen molar-refractivity contribution in [2.75, 3.05) is 13.7 Å². The van der Waals surface area contributed by atoms with Gasteiger partial charge < -0.3 is 15.2 Å². The molecule has 0 aliphatic rings. The number of rotatable bonds is 6. The summed E-state index contributed by atoms with van der Waals surface area (Å²) >= 11 is 0. The van der Waals surface area contributed by atoms with Crippen LogP contribution in [0.2, 0.25) is 0 Å². The van der Waals surface area contributed by atoms with E-state index in [0.29, 0.717) is 12.2 Å². The number of aliphatic hydroxyl groups excluding tert-OH is 1. The smallest absolute Gasteiger partial charge is 0.415 e. The minimum absolute atomic E-state index is 0.298. The number of alkyl halides is 3. The summed E-state index contributed by atoms with van der Waals surface area (Å²) in [5.41, 5.74) is 0.780. The van der Waals surface area contributed by atoms with Gasteiger partial charge in [0.25, 0.3) is 0 Å². The maximum atomic E-state index is 12.2. The maximum absolute atomic E-state index is 12.2. The van der Waals surface area contributed by atoms with Gasteiger partial charge in [0.1, 0.15) is 5.75 Å². The Bertz CT molecular complexity index is 396. The van der Waals surface area contributed by atoms with Crippen molar-refractivity contribution in [2.24, 2.45) is 0 Å². The zero-order valence-corrected chi connectivity index (χ0v) is 10.9. The molecule has 6 heteroatoms. The van der Waals surface area contributed by atoms with Crippen molar-refractivity contribution in [1.82, 2.24) is 5.32 Å². The molecule has 0 bridgehead atoms. The van der Waals surface area contributed by atoms with E-state index < -0.39 is 18.8 Å². The molecule has 0 aliphatic heterocycles. The van der Waals surface area contributed by atoms with Crippen molar-refractivity contribution in [3.05, 3.63) is 29.8 Å². The molecule has 2 atom stereocenters. The molecule has 1 aromatic carbocycles. The maximum Gasteiger partial charge on any atom is 0.415 e. The SMILES string of the molecule is CCC(NCC(O)C(F)(F)F)c1ccccc1OC. The van der Waals surface area contributed by atoms with Crippen molar-refractivity contribution in [1.29, 1.82) is 0 Å². The standard InChI is InChI=1S/C13H18F3NO2/c1-3-10(17-8-12(18)13(14,15)16)9-6-4-5-7-11(9)19-2/h4-7,10,12,17-18H,3,8H2,1-2H3. The van der Waals surface area contributed by atoms with Crippen molar-refractivity contribution >= 4 is 0 Å². The quantitative estimate of drug-likeness (QED) is 0.840. The molecular weight excluding hydrogens is 259 g/mol. The average Bonchev–Trinajstić information content (AvgIpc) is 2.38. The van der Waals surface area contributed by atoms with Gasteiger partial charge in [0.05, 0.1) is 7.11 Å². The number of methoxy groups -OCH3 is 1. The van der Waals surface area contributed by atoms with Gasteiger partial charge in [0.15, 0.2) is 6.10 Å². The highest BCUT2D eigenvalue weighted by Crippen LogP contribution is 2.27. The Balaban J connectivity index is 2.73. The molecule has 0 saturated heterocycles. The second-order valence-corrected chi connectivity index (χ2v) is 4.17. The van der Waals surface area contributed by atoms with Crippen molar-refractivity contribution in [2.45, 2.75) is 31.7 Å². The predicted molar refractivity (Wildman–Crippen MR) is 66.1 cm³/mol. The van der Waals surface area contributed by atoms with E-state index in [-0.39, 0.29) is 6.04 Å². The Kier molecular flexibility index (Phi) is 5.62. The van der Waals surface area contributed by atoms with Crippen molar-refractivity contribution < 1.29 is 23.0 Å².